The summed E-state index contributed by atoms with van der Waals surface area (Å²) in [6.45, 7) is 10.3. The molecular formula is C16H31NO. The van der Waals surface area contributed by atoms with E-state index in [1.807, 2.05) is 0 Å². The van der Waals surface area contributed by atoms with Gasteiger partial charge in [0.2, 0.25) is 0 Å². The Labute approximate surface area is 113 Å². The van der Waals surface area contributed by atoms with Crippen molar-refractivity contribution >= 4 is 0 Å². The first-order valence-corrected chi connectivity index (χ1v) is 7.96. The van der Waals surface area contributed by atoms with E-state index in [1.54, 1.807) is 0 Å². The van der Waals surface area contributed by atoms with Crippen LogP contribution < -0.4 is 5.32 Å². The molecule has 0 aromatic carbocycles. The number of hydrogen-bond donors (Lipinski definition) is 1. The Morgan fingerprint density at radius 3 is 2.72 bits per heavy atom. The molecule has 1 saturated heterocycles. The fourth-order valence-corrected chi connectivity index (χ4v) is 3.97. The van der Waals surface area contributed by atoms with Crippen LogP contribution in [0.3, 0.4) is 0 Å². The Hall–Kier alpha value is -0.0800. The van der Waals surface area contributed by atoms with Gasteiger partial charge in [0.1, 0.15) is 0 Å². The van der Waals surface area contributed by atoms with E-state index in [0.717, 1.165) is 31.6 Å². The lowest BCUT2D eigenvalue weighted by Gasteiger charge is -2.45. The minimum Gasteiger partial charge on any atom is -0.381 e. The van der Waals surface area contributed by atoms with Crippen molar-refractivity contribution in [2.75, 3.05) is 19.8 Å². The molecule has 2 nitrogen and oxygen atoms in total. The molecule has 3 unspecified atom stereocenters. The summed E-state index contributed by atoms with van der Waals surface area (Å²) in [5, 5.41) is 3.86. The van der Waals surface area contributed by atoms with Crippen LogP contribution in [-0.4, -0.2) is 25.8 Å². The zero-order valence-electron chi connectivity index (χ0n) is 12.5. The first-order chi connectivity index (χ1) is 8.65. The summed E-state index contributed by atoms with van der Waals surface area (Å²) in [6.07, 6.45) is 8.14. The second-order valence-corrected chi connectivity index (χ2v) is 6.94. The fourth-order valence-electron chi connectivity index (χ4n) is 3.97. The van der Waals surface area contributed by atoms with Gasteiger partial charge in [-0.1, -0.05) is 33.6 Å². The van der Waals surface area contributed by atoms with Gasteiger partial charge in [-0.25, -0.2) is 0 Å². The van der Waals surface area contributed by atoms with E-state index in [9.17, 15) is 0 Å². The van der Waals surface area contributed by atoms with E-state index in [2.05, 4.69) is 26.1 Å². The first kappa shape index (κ1) is 14.3. The van der Waals surface area contributed by atoms with Crippen molar-refractivity contribution in [3.63, 3.8) is 0 Å². The van der Waals surface area contributed by atoms with Crippen LogP contribution in [0.1, 0.15) is 59.3 Å². The van der Waals surface area contributed by atoms with Crippen LogP contribution in [0.15, 0.2) is 0 Å². The second kappa shape index (κ2) is 6.38. The summed E-state index contributed by atoms with van der Waals surface area (Å²) in [6, 6.07) is 0.683. The molecule has 0 amide bonds. The number of hydrogen-bond acceptors (Lipinski definition) is 2. The highest BCUT2D eigenvalue weighted by Crippen LogP contribution is 2.44. The van der Waals surface area contributed by atoms with E-state index in [4.69, 9.17) is 4.74 Å². The number of rotatable bonds is 5. The molecule has 3 atom stereocenters. The maximum atomic E-state index is 5.64. The first-order valence-electron chi connectivity index (χ1n) is 7.96. The molecule has 0 spiro atoms. The summed E-state index contributed by atoms with van der Waals surface area (Å²) in [5.74, 6) is 1.59. The van der Waals surface area contributed by atoms with Crippen LogP contribution in [0.5, 0.6) is 0 Å². The lowest BCUT2D eigenvalue weighted by molar-refractivity contribution is 0.0675. The summed E-state index contributed by atoms with van der Waals surface area (Å²) in [4.78, 5) is 0. The highest BCUT2D eigenvalue weighted by Gasteiger charge is 2.41. The maximum absolute atomic E-state index is 5.64. The average molecular weight is 253 g/mol. The van der Waals surface area contributed by atoms with Crippen molar-refractivity contribution in [3.8, 4) is 0 Å². The second-order valence-electron chi connectivity index (χ2n) is 6.94. The normalized spacial score (nSPS) is 33.5. The third kappa shape index (κ3) is 3.27. The molecule has 2 fully saturated rings. The van der Waals surface area contributed by atoms with Crippen LogP contribution >= 0.6 is 0 Å². The summed E-state index contributed by atoms with van der Waals surface area (Å²) < 4.78 is 5.64. The van der Waals surface area contributed by atoms with Crippen LogP contribution in [0.4, 0.5) is 0 Å². The van der Waals surface area contributed by atoms with Crippen molar-refractivity contribution in [1.29, 1.82) is 0 Å². The van der Waals surface area contributed by atoms with Crippen LogP contribution in [0.25, 0.3) is 0 Å². The van der Waals surface area contributed by atoms with Crippen molar-refractivity contribution in [2.45, 2.75) is 65.3 Å². The highest BCUT2D eigenvalue weighted by atomic mass is 16.5. The molecular weight excluding hydrogens is 222 g/mol. The maximum Gasteiger partial charge on any atom is 0.0510 e. The zero-order valence-corrected chi connectivity index (χ0v) is 12.5. The molecule has 18 heavy (non-hydrogen) atoms. The van der Waals surface area contributed by atoms with E-state index < -0.39 is 0 Å². The van der Waals surface area contributed by atoms with Gasteiger partial charge in [0.25, 0.3) is 0 Å². The van der Waals surface area contributed by atoms with Crippen molar-refractivity contribution in [3.05, 3.63) is 0 Å². The Bertz CT molecular complexity index is 245. The topological polar surface area (TPSA) is 21.3 Å². The lowest BCUT2D eigenvalue weighted by Crippen LogP contribution is -2.49. The van der Waals surface area contributed by atoms with Crippen LogP contribution in [-0.2, 0) is 4.74 Å². The predicted molar refractivity (Wildman–Crippen MR) is 76.7 cm³/mol. The third-order valence-electron chi connectivity index (χ3n) is 5.13. The van der Waals surface area contributed by atoms with E-state index >= 15 is 0 Å². The van der Waals surface area contributed by atoms with E-state index in [1.165, 1.54) is 38.5 Å². The van der Waals surface area contributed by atoms with E-state index in [-0.39, 0.29) is 0 Å². The quantitative estimate of drug-likeness (QED) is 0.808. The van der Waals surface area contributed by atoms with Gasteiger partial charge in [0.05, 0.1) is 6.61 Å². The van der Waals surface area contributed by atoms with E-state index in [0.29, 0.717) is 11.5 Å². The predicted octanol–water partition coefficient (Wildman–Crippen LogP) is 3.61. The van der Waals surface area contributed by atoms with Gasteiger partial charge in [-0.05, 0) is 43.6 Å². The van der Waals surface area contributed by atoms with Crippen LogP contribution in [0, 0.1) is 17.3 Å². The molecule has 1 heterocycles. The molecule has 0 aromatic rings. The Balaban J connectivity index is 2.05. The molecule has 0 aromatic heterocycles. The standard InChI is InChI=1S/C16H31NO/c1-4-10-17-15(13-8-11-18-12-13)14-7-5-6-9-16(14,2)3/h13-15,17H,4-12H2,1-3H3. The molecule has 0 radical (unpaired) electrons. The summed E-state index contributed by atoms with van der Waals surface area (Å²) >= 11 is 0. The molecule has 2 heteroatoms. The van der Waals surface area contributed by atoms with Gasteiger partial charge in [-0.3, -0.25) is 0 Å². The smallest absolute Gasteiger partial charge is 0.0510 e. The fraction of sp³-hybridized carbons (Fsp3) is 1.00. The highest BCUT2D eigenvalue weighted by molar-refractivity contribution is 4.94. The van der Waals surface area contributed by atoms with Gasteiger partial charge >= 0.3 is 0 Å². The number of ether oxygens (including phenoxy) is 1. The van der Waals surface area contributed by atoms with Crippen molar-refractivity contribution < 1.29 is 4.74 Å². The monoisotopic (exact) mass is 253 g/mol. The third-order valence-corrected chi connectivity index (χ3v) is 5.13. The molecule has 1 saturated carbocycles. The lowest BCUT2D eigenvalue weighted by atomic mass is 9.63. The molecule has 106 valence electrons. The average Bonchev–Trinajstić information content (AvgIpc) is 2.85. The largest absolute Gasteiger partial charge is 0.381 e. The number of nitrogens with one attached hydrogen (secondary N) is 1. The van der Waals surface area contributed by atoms with Crippen molar-refractivity contribution in [2.24, 2.45) is 17.3 Å². The molecule has 2 aliphatic rings. The van der Waals surface area contributed by atoms with Gasteiger partial charge in [-0.15, -0.1) is 0 Å². The minimum absolute atomic E-state index is 0.506. The molecule has 1 aliphatic heterocycles. The Morgan fingerprint density at radius 1 is 1.28 bits per heavy atom. The van der Waals surface area contributed by atoms with Gasteiger partial charge in [-0.2, -0.15) is 0 Å². The molecule has 0 bridgehead atoms. The SMILES string of the molecule is CCCNC(C1CCOC1)C1CCCCC1(C)C. The Morgan fingerprint density at radius 2 is 2.11 bits per heavy atom. The summed E-state index contributed by atoms with van der Waals surface area (Å²) in [7, 11) is 0. The van der Waals surface area contributed by atoms with Gasteiger partial charge in [0, 0.05) is 18.6 Å². The van der Waals surface area contributed by atoms with Gasteiger partial charge in [0.15, 0.2) is 0 Å². The zero-order chi connectivity index (χ0) is 13.0. The van der Waals surface area contributed by atoms with Gasteiger partial charge < -0.3 is 10.1 Å². The molecule has 2 rings (SSSR count). The molecule has 1 aliphatic carbocycles. The Kier molecular flexibility index (Phi) is 5.08. The molecule has 1 N–H and O–H groups in total. The minimum atomic E-state index is 0.506. The van der Waals surface area contributed by atoms with Crippen molar-refractivity contribution in [1.82, 2.24) is 5.32 Å². The summed E-state index contributed by atoms with van der Waals surface area (Å²) in [5.41, 5.74) is 0.506. The van der Waals surface area contributed by atoms with Crippen LogP contribution in [0.2, 0.25) is 0 Å².